The molecule has 1 N–H and O–H groups in total. The molecule has 1 atom stereocenters. The van der Waals surface area contributed by atoms with Crippen molar-refractivity contribution in [1.82, 2.24) is 5.32 Å². The van der Waals surface area contributed by atoms with Gasteiger partial charge in [0.05, 0.1) is 0 Å². The molecule has 1 aliphatic carbocycles. The normalized spacial score (nSPS) is 39.8. The average Bonchev–Trinajstić information content (AvgIpc) is 1.85. The van der Waals surface area contributed by atoms with E-state index in [0.29, 0.717) is 5.78 Å². The lowest BCUT2D eigenvalue weighted by Gasteiger charge is -2.45. The lowest BCUT2D eigenvalue weighted by Crippen LogP contribution is -2.59. The van der Waals surface area contributed by atoms with Gasteiger partial charge in [-0.2, -0.15) is 0 Å². The first-order chi connectivity index (χ1) is 4.81. The van der Waals surface area contributed by atoms with E-state index in [2.05, 4.69) is 5.32 Å². The highest BCUT2D eigenvalue weighted by Crippen LogP contribution is 2.33. The highest BCUT2D eigenvalue weighted by molar-refractivity contribution is 5.80. The monoisotopic (exact) mass is 139 g/mol. The third-order valence-corrected chi connectivity index (χ3v) is 2.75. The number of ketones is 1. The second-order valence-electron chi connectivity index (χ2n) is 3.53. The summed E-state index contributed by atoms with van der Waals surface area (Å²) in [5.41, 5.74) is 0.273. The van der Waals surface area contributed by atoms with Crippen LogP contribution in [0.15, 0.2) is 0 Å². The van der Waals surface area contributed by atoms with Crippen molar-refractivity contribution in [3.63, 3.8) is 0 Å². The fraction of sp³-hybridized carbons (Fsp3) is 0.875. The molecular weight excluding hydrogens is 126 g/mol. The summed E-state index contributed by atoms with van der Waals surface area (Å²) < 4.78 is 0. The molecule has 2 fully saturated rings. The quantitative estimate of drug-likeness (QED) is 0.539. The molecule has 1 heterocycles. The molecule has 0 bridgehead atoms. The molecule has 1 unspecified atom stereocenters. The molecule has 1 saturated heterocycles. The van der Waals surface area contributed by atoms with Gasteiger partial charge in [-0.1, -0.05) is 0 Å². The molecule has 0 aromatic carbocycles. The van der Waals surface area contributed by atoms with Gasteiger partial charge in [0.25, 0.3) is 0 Å². The molecule has 1 saturated carbocycles. The van der Waals surface area contributed by atoms with E-state index in [9.17, 15) is 4.79 Å². The molecule has 0 amide bonds. The topological polar surface area (TPSA) is 29.1 Å². The third-order valence-electron chi connectivity index (χ3n) is 2.75. The molecule has 2 aliphatic rings. The Labute approximate surface area is 61.0 Å². The predicted octanol–water partition coefficient (Wildman–Crippen LogP) is 0.862. The molecule has 10 heavy (non-hydrogen) atoms. The molecule has 56 valence electrons. The maximum atomic E-state index is 11.0. The van der Waals surface area contributed by atoms with Crippen molar-refractivity contribution in [2.75, 3.05) is 6.54 Å². The van der Waals surface area contributed by atoms with Crippen molar-refractivity contribution in [2.45, 2.75) is 37.6 Å². The Morgan fingerprint density at radius 2 is 2.20 bits per heavy atom. The highest BCUT2D eigenvalue weighted by Gasteiger charge is 2.39. The van der Waals surface area contributed by atoms with Gasteiger partial charge in [-0.3, -0.25) is 4.79 Å². The van der Waals surface area contributed by atoms with Gasteiger partial charge >= 0.3 is 0 Å². The summed E-state index contributed by atoms with van der Waals surface area (Å²) in [4.78, 5) is 11.0. The largest absolute Gasteiger partial charge is 0.311 e. The minimum absolute atomic E-state index is 0.273. The Hall–Kier alpha value is -0.370. The van der Waals surface area contributed by atoms with E-state index >= 15 is 0 Å². The van der Waals surface area contributed by atoms with E-state index in [-0.39, 0.29) is 5.54 Å². The predicted molar refractivity (Wildman–Crippen MR) is 38.8 cm³/mol. The minimum atomic E-state index is 0.273. The van der Waals surface area contributed by atoms with Crippen molar-refractivity contribution in [1.29, 1.82) is 0 Å². The van der Waals surface area contributed by atoms with Crippen molar-refractivity contribution >= 4 is 5.78 Å². The standard InChI is InChI=1S/C8H13NO/c10-7-2-1-3-8(6-7)4-5-9-8/h9H,1-6H2. The molecule has 0 aromatic heterocycles. The Bertz CT molecular complexity index is 161. The average molecular weight is 139 g/mol. The van der Waals surface area contributed by atoms with Crippen molar-refractivity contribution in [3.05, 3.63) is 0 Å². The van der Waals surface area contributed by atoms with Crippen LogP contribution >= 0.6 is 0 Å². The van der Waals surface area contributed by atoms with Crippen LogP contribution in [0.1, 0.15) is 32.1 Å². The van der Waals surface area contributed by atoms with Crippen LogP contribution in [-0.2, 0) is 4.79 Å². The number of nitrogens with one attached hydrogen (secondary N) is 1. The Kier molecular flexibility index (Phi) is 1.31. The summed E-state index contributed by atoms with van der Waals surface area (Å²) in [6, 6.07) is 0. The van der Waals surface area contributed by atoms with Gasteiger partial charge in [-0.25, -0.2) is 0 Å². The number of Topliss-reactive ketones (excluding diaryl/α,β-unsaturated/α-hetero) is 1. The van der Waals surface area contributed by atoms with Gasteiger partial charge in [0.1, 0.15) is 5.78 Å². The highest BCUT2D eigenvalue weighted by atomic mass is 16.1. The first kappa shape index (κ1) is 6.35. The Balaban J connectivity index is 2.02. The second kappa shape index (κ2) is 2.06. The smallest absolute Gasteiger partial charge is 0.134 e. The first-order valence-corrected chi connectivity index (χ1v) is 4.08. The van der Waals surface area contributed by atoms with Gasteiger partial charge < -0.3 is 5.32 Å². The van der Waals surface area contributed by atoms with Crippen LogP contribution in [0.3, 0.4) is 0 Å². The fourth-order valence-corrected chi connectivity index (χ4v) is 2.02. The van der Waals surface area contributed by atoms with Gasteiger partial charge in [0.2, 0.25) is 0 Å². The number of carbonyl (C=O) groups is 1. The minimum Gasteiger partial charge on any atom is -0.311 e. The maximum absolute atomic E-state index is 11.0. The lowest BCUT2D eigenvalue weighted by atomic mass is 9.74. The zero-order valence-electron chi connectivity index (χ0n) is 6.15. The summed E-state index contributed by atoms with van der Waals surface area (Å²) in [7, 11) is 0. The molecular formula is C8H13NO. The van der Waals surface area contributed by atoms with E-state index in [1.54, 1.807) is 0 Å². The number of carbonyl (C=O) groups excluding carboxylic acids is 1. The number of rotatable bonds is 0. The zero-order chi connectivity index (χ0) is 7.03. The van der Waals surface area contributed by atoms with E-state index in [4.69, 9.17) is 0 Å². The molecule has 0 aromatic rings. The van der Waals surface area contributed by atoms with Crippen molar-refractivity contribution in [2.24, 2.45) is 0 Å². The molecule has 1 spiro atoms. The van der Waals surface area contributed by atoms with Crippen LogP contribution in [0.2, 0.25) is 0 Å². The van der Waals surface area contributed by atoms with Crippen LogP contribution in [0.25, 0.3) is 0 Å². The SMILES string of the molecule is O=C1CCCC2(CCN2)C1. The summed E-state index contributed by atoms with van der Waals surface area (Å²) in [6.07, 6.45) is 5.17. The van der Waals surface area contributed by atoms with E-state index in [1.807, 2.05) is 0 Å². The Morgan fingerprint density at radius 3 is 2.60 bits per heavy atom. The zero-order valence-corrected chi connectivity index (χ0v) is 6.15. The maximum Gasteiger partial charge on any atom is 0.134 e. The van der Waals surface area contributed by atoms with Crippen LogP contribution in [0, 0.1) is 0 Å². The van der Waals surface area contributed by atoms with E-state index in [1.165, 1.54) is 12.8 Å². The second-order valence-corrected chi connectivity index (χ2v) is 3.53. The lowest BCUT2D eigenvalue weighted by molar-refractivity contribution is -0.123. The van der Waals surface area contributed by atoms with E-state index < -0.39 is 0 Å². The van der Waals surface area contributed by atoms with Crippen molar-refractivity contribution < 1.29 is 4.79 Å². The summed E-state index contributed by atoms with van der Waals surface area (Å²) in [5, 5.41) is 3.37. The van der Waals surface area contributed by atoms with Gasteiger partial charge in [0.15, 0.2) is 0 Å². The van der Waals surface area contributed by atoms with Crippen LogP contribution in [0.4, 0.5) is 0 Å². The van der Waals surface area contributed by atoms with Crippen LogP contribution in [-0.4, -0.2) is 17.9 Å². The van der Waals surface area contributed by atoms with Gasteiger partial charge in [-0.15, -0.1) is 0 Å². The molecule has 2 heteroatoms. The summed E-state index contributed by atoms with van der Waals surface area (Å²) >= 11 is 0. The van der Waals surface area contributed by atoms with Crippen molar-refractivity contribution in [3.8, 4) is 0 Å². The van der Waals surface area contributed by atoms with Gasteiger partial charge in [-0.05, 0) is 25.8 Å². The number of hydrogen-bond acceptors (Lipinski definition) is 2. The first-order valence-electron chi connectivity index (χ1n) is 4.08. The Morgan fingerprint density at radius 1 is 1.40 bits per heavy atom. The summed E-state index contributed by atoms with van der Waals surface area (Å²) in [6.45, 7) is 1.12. The van der Waals surface area contributed by atoms with E-state index in [0.717, 1.165) is 25.8 Å². The molecule has 2 rings (SSSR count). The molecule has 2 nitrogen and oxygen atoms in total. The molecule has 0 radical (unpaired) electrons. The summed E-state index contributed by atoms with van der Waals surface area (Å²) in [5.74, 6) is 0.457. The van der Waals surface area contributed by atoms with Crippen LogP contribution < -0.4 is 5.32 Å². The fourth-order valence-electron chi connectivity index (χ4n) is 2.02. The number of hydrogen-bond donors (Lipinski definition) is 1. The van der Waals surface area contributed by atoms with Gasteiger partial charge in [0, 0.05) is 18.4 Å². The third kappa shape index (κ3) is 0.870. The molecule has 1 aliphatic heterocycles. The van der Waals surface area contributed by atoms with Crippen LogP contribution in [0.5, 0.6) is 0 Å².